The Morgan fingerprint density at radius 1 is 1.07 bits per heavy atom. The molecule has 0 bridgehead atoms. The molecule has 4 N–H and O–H groups in total. The van der Waals surface area contributed by atoms with Gasteiger partial charge in [-0.2, -0.15) is 0 Å². The van der Waals surface area contributed by atoms with Crippen LogP contribution in [0.4, 0.5) is 0 Å². The van der Waals surface area contributed by atoms with Gasteiger partial charge in [-0.25, -0.2) is 4.79 Å². The predicted octanol–water partition coefficient (Wildman–Crippen LogP) is 1.76. The zero-order valence-corrected chi connectivity index (χ0v) is 16.6. The minimum Gasteiger partial charge on any atom is -0.458 e. The fourth-order valence-electron chi connectivity index (χ4n) is 2.36. The lowest BCUT2D eigenvalue weighted by Crippen LogP contribution is -2.51. The zero-order valence-electron chi connectivity index (χ0n) is 16.6. The van der Waals surface area contributed by atoms with E-state index in [0.29, 0.717) is 24.9 Å². The number of carbonyl (C=O) groups excluding carboxylic acids is 3. The van der Waals surface area contributed by atoms with Gasteiger partial charge < -0.3 is 21.1 Å². The number of nitrogens with two attached hydrogens (primary N) is 1. The van der Waals surface area contributed by atoms with Crippen LogP contribution in [-0.4, -0.2) is 42.0 Å². The molecule has 1 rings (SSSR count). The van der Waals surface area contributed by atoms with E-state index < -0.39 is 29.6 Å². The number of amides is 2. The minimum atomic E-state index is -0.817. The number of ether oxygens (including phenoxy) is 1. The molecule has 1 aromatic carbocycles. The van der Waals surface area contributed by atoms with E-state index in [-0.39, 0.29) is 5.91 Å². The molecule has 0 aliphatic carbocycles. The smallest absolute Gasteiger partial charge is 0.328 e. The molecule has 0 aromatic heterocycles. The molecule has 0 radical (unpaired) electrons. The summed E-state index contributed by atoms with van der Waals surface area (Å²) in [5, 5.41) is 5.37. The topological polar surface area (TPSA) is 111 Å². The van der Waals surface area contributed by atoms with E-state index in [1.807, 2.05) is 6.07 Å². The third kappa shape index (κ3) is 8.68. The Morgan fingerprint density at radius 3 is 2.26 bits per heavy atom. The number of rotatable bonds is 9. The summed E-state index contributed by atoms with van der Waals surface area (Å²) in [7, 11) is 0. The van der Waals surface area contributed by atoms with E-state index >= 15 is 0 Å². The normalized spacial score (nSPS) is 13.4. The predicted molar refractivity (Wildman–Crippen MR) is 104 cm³/mol. The lowest BCUT2D eigenvalue weighted by atomic mass is 10.1. The summed E-state index contributed by atoms with van der Waals surface area (Å²) in [6.07, 6.45) is 1.86. The number of unbranched alkanes of at least 4 members (excludes halogenated alkanes) is 1. The molecule has 0 aliphatic heterocycles. The first-order valence-electron chi connectivity index (χ1n) is 9.23. The van der Waals surface area contributed by atoms with Crippen LogP contribution in [0.2, 0.25) is 0 Å². The molecule has 0 aliphatic rings. The average Bonchev–Trinajstić information content (AvgIpc) is 2.60. The lowest BCUT2D eigenvalue weighted by Gasteiger charge is -2.24. The molecule has 0 spiro atoms. The summed E-state index contributed by atoms with van der Waals surface area (Å²) in [6, 6.07) is 7.09. The van der Waals surface area contributed by atoms with Gasteiger partial charge in [-0.3, -0.25) is 9.59 Å². The van der Waals surface area contributed by atoms with Crippen LogP contribution in [0.25, 0.3) is 0 Å². The number of benzene rings is 1. The molecule has 0 fully saturated rings. The van der Waals surface area contributed by atoms with E-state index in [4.69, 9.17) is 10.5 Å². The Labute approximate surface area is 161 Å². The Balaban J connectivity index is 2.75. The van der Waals surface area contributed by atoms with Gasteiger partial charge in [0.1, 0.15) is 17.7 Å². The van der Waals surface area contributed by atoms with Crippen molar-refractivity contribution in [2.75, 3.05) is 6.54 Å². The van der Waals surface area contributed by atoms with Gasteiger partial charge in [-0.1, -0.05) is 18.2 Å². The van der Waals surface area contributed by atoms with Gasteiger partial charge in [0.15, 0.2) is 0 Å². The van der Waals surface area contributed by atoms with Crippen molar-refractivity contribution in [2.45, 2.75) is 64.6 Å². The fourth-order valence-corrected chi connectivity index (χ4v) is 2.36. The summed E-state index contributed by atoms with van der Waals surface area (Å²) in [5.41, 5.74) is 5.34. The van der Waals surface area contributed by atoms with Crippen molar-refractivity contribution in [1.82, 2.24) is 10.6 Å². The van der Waals surface area contributed by atoms with Gasteiger partial charge in [0.05, 0.1) is 0 Å². The third-order valence-electron chi connectivity index (χ3n) is 3.72. The standard InChI is InChI=1S/C20H31N3O4/c1-14(19(26)27-20(2,3)4)22-18(25)16(12-8-9-13-21)23-17(24)15-10-6-5-7-11-15/h5-7,10-11,14,16H,8-9,12-13,21H2,1-4H3,(H,22,25)(H,23,24)/t14-,16-/m0/s1. The quantitative estimate of drug-likeness (QED) is 0.449. The van der Waals surface area contributed by atoms with Crippen LogP contribution in [0, 0.1) is 0 Å². The van der Waals surface area contributed by atoms with Crippen molar-refractivity contribution in [3.05, 3.63) is 35.9 Å². The second-order valence-electron chi connectivity index (χ2n) is 7.44. The van der Waals surface area contributed by atoms with Crippen LogP contribution >= 0.6 is 0 Å². The van der Waals surface area contributed by atoms with Crippen LogP contribution in [0.5, 0.6) is 0 Å². The maximum Gasteiger partial charge on any atom is 0.328 e. The van der Waals surface area contributed by atoms with E-state index in [0.717, 1.165) is 6.42 Å². The zero-order chi connectivity index (χ0) is 20.4. The minimum absolute atomic E-state index is 0.339. The summed E-state index contributed by atoms with van der Waals surface area (Å²) < 4.78 is 5.27. The first-order chi connectivity index (χ1) is 12.6. The highest BCUT2D eigenvalue weighted by molar-refractivity contribution is 5.98. The van der Waals surface area contributed by atoms with E-state index in [1.165, 1.54) is 0 Å². The highest BCUT2D eigenvalue weighted by Gasteiger charge is 2.27. The summed E-state index contributed by atoms with van der Waals surface area (Å²) in [4.78, 5) is 37.1. The van der Waals surface area contributed by atoms with Crippen molar-refractivity contribution in [3.8, 4) is 0 Å². The molecule has 0 saturated heterocycles. The second-order valence-corrected chi connectivity index (χ2v) is 7.44. The molecule has 2 atom stereocenters. The molecule has 2 amide bonds. The maximum absolute atomic E-state index is 12.6. The highest BCUT2D eigenvalue weighted by Crippen LogP contribution is 2.09. The van der Waals surface area contributed by atoms with E-state index in [2.05, 4.69) is 10.6 Å². The Bertz CT molecular complexity index is 626. The summed E-state index contributed by atoms with van der Waals surface area (Å²) >= 11 is 0. The maximum atomic E-state index is 12.6. The van der Waals surface area contributed by atoms with Gasteiger partial charge in [0.2, 0.25) is 5.91 Å². The molecule has 7 heteroatoms. The van der Waals surface area contributed by atoms with Crippen LogP contribution in [0.1, 0.15) is 57.3 Å². The van der Waals surface area contributed by atoms with E-state index in [9.17, 15) is 14.4 Å². The van der Waals surface area contributed by atoms with Gasteiger partial charge in [-0.05, 0) is 65.6 Å². The molecule has 0 saturated carbocycles. The number of carbonyl (C=O) groups is 3. The van der Waals surface area contributed by atoms with Crippen molar-refractivity contribution in [3.63, 3.8) is 0 Å². The van der Waals surface area contributed by atoms with Crippen molar-refractivity contribution in [1.29, 1.82) is 0 Å². The van der Waals surface area contributed by atoms with Gasteiger partial charge in [0.25, 0.3) is 5.91 Å². The van der Waals surface area contributed by atoms with Gasteiger partial charge in [0, 0.05) is 5.56 Å². The Hall–Kier alpha value is -2.41. The van der Waals surface area contributed by atoms with E-state index in [1.54, 1.807) is 52.0 Å². The fraction of sp³-hybridized carbons (Fsp3) is 0.550. The lowest BCUT2D eigenvalue weighted by molar-refractivity contribution is -0.158. The molecular weight excluding hydrogens is 346 g/mol. The number of hydrogen-bond acceptors (Lipinski definition) is 5. The molecule has 150 valence electrons. The number of esters is 1. The van der Waals surface area contributed by atoms with Crippen molar-refractivity contribution in [2.24, 2.45) is 5.73 Å². The molecular formula is C20H31N3O4. The van der Waals surface area contributed by atoms with Gasteiger partial charge >= 0.3 is 5.97 Å². The first kappa shape index (κ1) is 22.6. The summed E-state index contributed by atoms with van der Waals surface area (Å²) in [6.45, 7) is 7.34. The average molecular weight is 377 g/mol. The van der Waals surface area contributed by atoms with Crippen LogP contribution in [0.3, 0.4) is 0 Å². The number of hydrogen-bond donors (Lipinski definition) is 3. The Kier molecular flexibility index (Phi) is 8.94. The molecule has 0 unspecified atom stereocenters. The largest absolute Gasteiger partial charge is 0.458 e. The van der Waals surface area contributed by atoms with Crippen LogP contribution < -0.4 is 16.4 Å². The number of nitrogens with one attached hydrogen (secondary N) is 2. The van der Waals surface area contributed by atoms with Crippen LogP contribution in [-0.2, 0) is 14.3 Å². The molecule has 27 heavy (non-hydrogen) atoms. The highest BCUT2D eigenvalue weighted by atomic mass is 16.6. The summed E-state index contributed by atoms with van der Waals surface area (Å²) in [5.74, 6) is -1.28. The SMILES string of the molecule is C[C@H](NC(=O)[C@H](CCCCN)NC(=O)c1ccccc1)C(=O)OC(C)(C)C. The third-order valence-corrected chi connectivity index (χ3v) is 3.72. The second kappa shape index (κ2) is 10.7. The molecule has 0 heterocycles. The van der Waals surface area contributed by atoms with Crippen LogP contribution in [0.15, 0.2) is 30.3 Å². The molecule has 1 aromatic rings. The monoisotopic (exact) mass is 377 g/mol. The van der Waals surface area contributed by atoms with Crippen molar-refractivity contribution >= 4 is 17.8 Å². The Morgan fingerprint density at radius 2 is 1.70 bits per heavy atom. The van der Waals surface area contributed by atoms with Gasteiger partial charge in [-0.15, -0.1) is 0 Å². The van der Waals surface area contributed by atoms with Crippen molar-refractivity contribution < 1.29 is 19.1 Å². The molecule has 7 nitrogen and oxygen atoms in total. The first-order valence-corrected chi connectivity index (χ1v) is 9.23.